The number of carbonyl (C=O) groups is 1. The molecule has 0 saturated carbocycles. The molecule has 4 aromatic heterocycles. The number of carbonyl (C=O) groups excluding carboxylic acids is 1. The number of aromatic nitrogens is 4. The summed E-state index contributed by atoms with van der Waals surface area (Å²) < 4.78 is 5.61. The van der Waals surface area contributed by atoms with Gasteiger partial charge in [-0.25, -0.2) is 9.97 Å². The van der Waals surface area contributed by atoms with Crippen molar-refractivity contribution < 1.29 is 9.21 Å². The lowest BCUT2D eigenvalue weighted by Crippen LogP contribution is -2.10. The number of pyridine rings is 2. The Morgan fingerprint density at radius 2 is 2.00 bits per heavy atom. The molecule has 134 valence electrons. The molecule has 0 fully saturated rings. The van der Waals surface area contributed by atoms with Crippen LogP contribution < -0.4 is 5.32 Å². The zero-order valence-electron chi connectivity index (χ0n) is 14.6. The van der Waals surface area contributed by atoms with Crippen LogP contribution in [0.2, 0.25) is 0 Å². The number of nitrogens with one attached hydrogen (secondary N) is 1. The molecule has 0 spiro atoms. The van der Waals surface area contributed by atoms with Crippen LogP contribution in [-0.4, -0.2) is 25.8 Å². The molecule has 0 aliphatic carbocycles. The number of nitrogens with zero attached hydrogens (tertiary/aromatic N) is 4. The smallest absolute Gasteiger partial charge is 0.294 e. The van der Waals surface area contributed by atoms with E-state index in [0.717, 1.165) is 28.1 Å². The average molecular weight is 377 g/mol. The molecule has 0 bridgehead atoms. The molecule has 4 aromatic rings. The molecule has 0 radical (unpaired) electrons. The van der Waals surface area contributed by atoms with E-state index in [9.17, 15) is 4.79 Å². The molecule has 4 heterocycles. The number of hydrogen-bond acceptors (Lipinski definition) is 7. The van der Waals surface area contributed by atoms with Crippen LogP contribution in [0.3, 0.4) is 0 Å². The average Bonchev–Trinajstić information content (AvgIpc) is 3.32. The van der Waals surface area contributed by atoms with Gasteiger partial charge in [0.05, 0.1) is 11.9 Å². The summed E-state index contributed by atoms with van der Waals surface area (Å²) in [4.78, 5) is 29.5. The summed E-state index contributed by atoms with van der Waals surface area (Å²) in [6, 6.07) is 5.64. The first-order valence-electron chi connectivity index (χ1n) is 8.17. The summed E-state index contributed by atoms with van der Waals surface area (Å²) >= 11 is 1.33. The highest BCUT2D eigenvalue weighted by atomic mass is 32.1. The van der Waals surface area contributed by atoms with Gasteiger partial charge in [0.2, 0.25) is 11.7 Å². The Hall–Kier alpha value is -3.39. The molecule has 1 N–H and O–H groups in total. The number of amides is 1. The summed E-state index contributed by atoms with van der Waals surface area (Å²) in [6.45, 7) is 3.88. The molecule has 0 aliphatic heterocycles. The van der Waals surface area contributed by atoms with E-state index < -0.39 is 5.91 Å². The standard InChI is InChI=1S/C19H15N5O2S/c1-11-4-3-6-21-16(11)14-10-27-19(23-14)24-17(25)15-9-22-18(26-15)13-5-7-20-8-12(13)2/h3-10H,1-2H3,(H,23,24,25). The van der Waals surface area contributed by atoms with Crippen LogP contribution in [0.15, 0.2) is 52.8 Å². The Bertz CT molecular complexity index is 1120. The number of aryl methyl sites for hydroxylation is 2. The quantitative estimate of drug-likeness (QED) is 0.575. The molecule has 0 atom stereocenters. The maximum absolute atomic E-state index is 12.5. The Morgan fingerprint density at radius 1 is 1.11 bits per heavy atom. The van der Waals surface area contributed by atoms with E-state index in [4.69, 9.17) is 4.42 Å². The summed E-state index contributed by atoms with van der Waals surface area (Å²) in [5, 5.41) is 5.07. The summed E-state index contributed by atoms with van der Waals surface area (Å²) in [5.41, 5.74) is 4.25. The van der Waals surface area contributed by atoms with Gasteiger partial charge in [0.25, 0.3) is 5.91 Å². The van der Waals surface area contributed by atoms with Gasteiger partial charge in [-0.3, -0.25) is 20.1 Å². The van der Waals surface area contributed by atoms with Crippen LogP contribution in [0, 0.1) is 13.8 Å². The van der Waals surface area contributed by atoms with Gasteiger partial charge in [-0.1, -0.05) is 6.07 Å². The van der Waals surface area contributed by atoms with Crippen molar-refractivity contribution in [1.82, 2.24) is 19.9 Å². The van der Waals surface area contributed by atoms with E-state index in [1.165, 1.54) is 17.5 Å². The predicted octanol–water partition coefficient (Wildman–Crippen LogP) is 4.12. The molecule has 0 saturated heterocycles. The Labute approximate surface area is 159 Å². The van der Waals surface area contributed by atoms with Gasteiger partial charge in [-0.15, -0.1) is 11.3 Å². The van der Waals surface area contributed by atoms with Gasteiger partial charge in [-0.2, -0.15) is 0 Å². The van der Waals surface area contributed by atoms with Gasteiger partial charge >= 0.3 is 0 Å². The van der Waals surface area contributed by atoms with Gasteiger partial charge in [0.1, 0.15) is 5.69 Å². The first-order valence-corrected chi connectivity index (χ1v) is 9.05. The van der Waals surface area contributed by atoms with Gasteiger partial charge in [0.15, 0.2) is 5.13 Å². The predicted molar refractivity (Wildman–Crippen MR) is 103 cm³/mol. The van der Waals surface area contributed by atoms with Crippen molar-refractivity contribution >= 4 is 22.4 Å². The van der Waals surface area contributed by atoms with Crippen molar-refractivity contribution in [2.75, 3.05) is 5.32 Å². The molecule has 8 heteroatoms. The van der Waals surface area contributed by atoms with E-state index in [0.29, 0.717) is 11.0 Å². The molecule has 7 nitrogen and oxygen atoms in total. The third kappa shape index (κ3) is 3.47. The Morgan fingerprint density at radius 3 is 2.81 bits per heavy atom. The van der Waals surface area contributed by atoms with Gasteiger partial charge in [0, 0.05) is 29.5 Å². The van der Waals surface area contributed by atoms with Crippen LogP contribution in [-0.2, 0) is 0 Å². The summed E-state index contributed by atoms with van der Waals surface area (Å²) in [7, 11) is 0. The highest BCUT2D eigenvalue weighted by Crippen LogP contribution is 2.26. The van der Waals surface area contributed by atoms with E-state index in [1.807, 2.05) is 31.4 Å². The van der Waals surface area contributed by atoms with Crippen molar-refractivity contribution in [1.29, 1.82) is 0 Å². The first kappa shape index (κ1) is 17.0. The molecule has 0 aliphatic rings. The minimum atomic E-state index is -0.404. The topological polar surface area (TPSA) is 93.8 Å². The molecule has 1 amide bonds. The van der Waals surface area contributed by atoms with Crippen LogP contribution in [0.4, 0.5) is 5.13 Å². The van der Waals surface area contributed by atoms with E-state index >= 15 is 0 Å². The maximum Gasteiger partial charge on any atom is 0.294 e. The van der Waals surface area contributed by atoms with E-state index in [2.05, 4.69) is 25.3 Å². The van der Waals surface area contributed by atoms with Crippen LogP contribution in [0.5, 0.6) is 0 Å². The number of thiazole rings is 1. The van der Waals surface area contributed by atoms with Gasteiger partial charge < -0.3 is 4.42 Å². The van der Waals surface area contributed by atoms with Crippen LogP contribution in [0.1, 0.15) is 21.7 Å². The largest absolute Gasteiger partial charge is 0.431 e. The number of oxazole rings is 1. The lowest BCUT2D eigenvalue weighted by molar-refractivity contribution is 0.0997. The second-order valence-electron chi connectivity index (χ2n) is 5.88. The molecular formula is C19H15N5O2S. The minimum absolute atomic E-state index is 0.118. The fourth-order valence-corrected chi connectivity index (χ4v) is 3.26. The fourth-order valence-electron chi connectivity index (χ4n) is 2.57. The first-order chi connectivity index (χ1) is 13.1. The SMILES string of the molecule is Cc1cnccc1-c1ncc(C(=O)Nc2nc(-c3ncccc3C)cs2)o1. The van der Waals surface area contributed by atoms with Crippen LogP contribution in [0.25, 0.3) is 22.8 Å². The lowest BCUT2D eigenvalue weighted by Gasteiger charge is -2.01. The van der Waals surface area contributed by atoms with Crippen molar-refractivity contribution in [3.63, 3.8) is 0 Å². The molecule has 27 heavy (non-hydrogen) atoms. The minimum Gasteiger partial charge on any atom is -0.431 e. The fraction of sp³-hybridized carbons (Fsp3) is 0.105. The number of hydrogen-bond donors (Lipinski definition) is 1. The van der Waals surface area contributed by atoms with Crippen molar-refractivity contribution in [2.24, 2.45) is 0 Å². The highest BCUT2D eigenvalue weighted by molar-refractivity contribution is 7.14. The zero-order valence-corrected chi connectivity index (χ0v) is 15.4. The van der Waals surface area contributed by atoms with Crippen molar-refractivity contribution in [3.05, 3.63) is 65.3 Å². The lowest BCUT2D eigenvalue weighted by atomic mass is 10.2. The number of anilines is 1. The van der Waals surface area contributed by atoms with Crippen LogP contribution >= 0.6 is 11.3 Å². The molecule has 0 aromatic carbocycles. The molecule has 0 unspecified atom stereocenters. The number of rotatable bonds is 4. The van der Waals surface area contributed by atoms with Crippen molar-refractivity contribution in [2.45, 2.75) is 13.8 Å². The monoisotopic (exact) mass is 377 g/mol. The summed E-state index contributed by atoms with van der Waals surface area (Å²) in [6.07, 6.45) is 6.50. The Balaban J connectivity index is 1.52. The second kappa shape index (κ2) is 7.08. The summed E-state index contributed by atoms with van der Waals surface area (Å²) in [5.74, 6) is 0.0927. The normalized spacial score (nSPS) is 10.7. The third-order valence-electron chi connectivity index (χ3n) is 3.96. The Kier molecular flexibility index (Phi) is 4.47. The second-order valence-corrected chi connectivity index (χ2v) is 6.74. The van der Waals surface area contributed by atoms with E-state index in [1.54, 1.807) is 24.7 Å². The highest BCUT2D eigenvalue weighted by Gasteiger charge is 2.17. The molecular weight excluding hydrogens is 362 g/mol. The maximum atomic E-state index is 12.5. The zero-order chi connectivity index (χ0) is 18.8. The molecule has 4 rings (SSSR count). The van der Waals surface area contributed by atoms with Gasteiger partial charge in [-0.05, 0) is 37.1 Å². The van der Waals surface area contributed by atoms with Crippen molar-refractivity contribution in [3.8, 4) is 22.8 Å². The third-order valence-corrected chi connectivity index (χ3v) is 4.71. The van der Waals surface area contributed by atoms with E-state index in [-0.39, 0.29) is 5.76 Å².